The predicted molar refractivity (Wildman–Crippen MR) is 83.2 cm³/mol. The molecule has 1 aromatic rings. The van der Waals surface area contributed by atoms with E-state index in [0.717, 1.165) is 0 Å². The zero-order valence-electron chi connectivity index (χ0n) is 12.8. The maximum absolute atomic E-state index is 12.1. The molecule has 0 unspecified atom stereocenters. The van der Waals surface area contributed by atoms with Gasteiger partial charge in [-0.1, -0.05) is 0 Å². The lowest BCUT2D eigenvalue weighted by molar-refractivity contribution is 0.0730. The lowest BCUT2D eigenvalue weighted by Crippen LogP contribution is -2.43. The van der Waals surface area contributed by atoms with Crippen LogP contribution in [0, 0.1) is 0 Å². The smallest absolute Gasteiger partial charge is 0.255 e. The fraction of sp³-hybridized carbons (Fsp3) is 0.500. The number of nitrogens with zero attached hydrogens (tertiary/aromatic N) is 1. The monoisotopic (exact) mass is 344 g/mol. The fourth-order valence-corrected chi connectivity index (χ4v) is 3.50. The molecule has 1 fully saturated rings. The van der Waals surface area contributed by atoms with Crippen LogP contribution in [0.3, 0.4) is 0 Å². The van der Waals surface area contributed by atoms with E-state index in [1.807, 2.05) is 0 Å². The Hall–Kier alpha value is -1.84. The van der Waals surface area contributed by atoms with Crippen LogP contribution in [0.15, 0.2) is 18.2 Å². The standard InChI is InChI=1S/C14H20N2O6S/c1-21-11-2-3-12(13(17)10-11)14(18)15-4-9-23(19,20)16-5-7-22-8-6-16/h2-3,10,17H,4-9H2,1H3,(H,15,18). The van der Waals surface area contributed by atoms with Crippen molar-refractivity contribution in [3.05, 3.63) is 23.8 Å². The van der Waals surface area contributed by atoms with Crippen LogP contribution in [0.5, 0.6) is 11.5 Å². The summed E-state index contributed by atoms with van der Waals surface area (Å²) in [7, 11) is -1.98. The number of carbonyl (C=O) groups excluding carboxylic acids is 1. The molecule has 9 heteroatoms. The molecular weight excluding hydrogens is 324 g/mol. The molecule has 0 saturated carbocycles. The summed E-state index contributed by atoms with van der Waals surface area (Å²) in [5.41, 5.74) is 0.0644. The second-order valence-electron chi connectivity index (χ2n) is 4.97. The predicted octanol–water partition coefficient (Wildman–Crippen LogP) is -0.207. The number of methoxy groups -OCH3 is 1. The summed E-state index contributed by atoms with van der Waals surface area (Å²) in [6, 6.07) is 4.28. The molecule has 0 radical (unpaired) electrons. The Morgan fingerprint density at radius 1 is 1.39 bits per heavy atom. The van der Waals surface area contributed by atoms with E-state index in [1.54, 1.807) is 6.07 Å². The van der Waals surface area contributed by atoms with Gasteiger partial charge in [0.2, 0.25) is 10.0 Å². The van der Waals surface area contributed by atoms with Crippen molar-refractivity contribution < 1.29 is 27.8 Å². The SMILES string of the molecule is COc1ccc(C(=O)NCCS(=O)(=O)N2CCOCC2)c(O)c1. The Bertz CT molecular complexity index is 655. The molecule has 128 valence electrons. The van der Waals surface area contributed by atoms with Gasteiger partial charge in [0, 0.05) is 25.7 Å². The third-order valence-electron chi connectivity index (χ3n) is 3.46. The van der Waals surface area contributed by atoms with Gasteiger partial charge in [0.15, 0.2) is 0 Å². The molecular formula is C14H20N2O6S. The van der Waals surface area contributed by atoms with Crippen molar-refractivity contribution in [3.8, 4) is 11.5 Å². The second-order valence-corrected chi connectivity index (χ2v) is 7.05. The van der Waals surface area contributed by atoms with Crippen LogP contribution in [0.4, 0.5) is 0 Å². The summed E-state index contributed by atoms with van der Waals surface area (Å²) >= 11 is 0. The maximum Gasteiger partial charge on any atom is 0.255 e. The minimum atomic E-state index is -3.43. The summed E-state index contributed by atoms with van der Waals surface area (Å²) < 4.78 is 35.6. The van der Waals surface area contributed by atoms with Crippen LogP contribution < -0.4 is 10.1 Å². The molecule has 1 heterocycles. The van der Waals surface area contributed by atoms with Crippen molar-refractivity contribution >= 4 is 15.9 Å². The maximum atomic E-state index is 12.1. The van der Waals surface area contributed by atoms with Crippen molar-refractivity contribution in [2.75, 3.05) is 45.7 Å². The van der Waals surface area contributed by atoms with Crippen LogP contribution in [0.1, 0.15) is 10.4 Å². The largest absolute Gasteiger partial charge is 0.507 e. The van der Waals surface area contributed by atoms with E-state index >= 15 is 0 Å². The summed E-state index contributed by atoms with van der Waals surface area (Å²) in [6.45, 7) is 1.38. The highest BCUT2D eigenvalue weighted by molar-refractivity contribution is 7.89. The van der Waals surface area contributed by atoms with E-state index in [0.29, 0.717) is 32.1 Å². The lowest BCUT2D eigenvalue weighted by Gasteiger charge is -2.26. The first-order chi connectivity index (χ1) is 10.9. The summed E-state index contributed by atoms with van der Waals surface area (Å²) in [5.74, 6) is -0.537. The number of phenolic OH excluding ortho intramolecular Hbond substituents is 1. The van der Waals surface area contributed by atoms with Crippen molar-refractivity contribution in [1.29, 1.82) is 0 Å². The first-order valence-corrected chi connectivity index (χ1v) is 8.76. The van der Waals surface area contributed by atoms with Crippen molar-refractivity contribution in [3.63, 3.8) is 0 Å². The van der Waals surface area contributed by atoms with Crippen LogP contribution in [0.25, 0.3) is 0 Å². The number of phenols is 1. The van der Waals surface area contributed by atoms with Crippen LogP contribution in [-0.4, -0.2) is 69.4 Å². The first kappa shape index (κ1) is 17.5. The van der Waals surface area contributed by atoms with Gasteiger partial charge in [-0.25, -0.2) is 8.42 Å². The van der Waals surface area contributed by atoms with Gasteiger partial charge in [-0.05, 0) is 12.1 Å². The molecule has 8 nitrogen and oxygen atoms in total. The van der Waals surface area contributed by atoms with Gasteiger partial charge >= 0.3 is 0 Å². The van der Waals surface area contributed by atoms with Crippen LogP contribution >= 0.6 is 0 Å². The zero-order valence-corrected chi connectivity index (χ0v) is 13.6. The minimum absolute atomic E-state index is 0.0377. The quantitative estimate of drug-likeness (QED) is 0.740. The van der Waals surface area contributed by atoms with E-state index in [1.165, 1.54) is 23.5 Å². The van der Waals surface area contributed by atoms with E-state index in [-0.39, 0.29) is 23.6 Å². The van der Waals surface area contributed by atoms with Gasteiger partial charge in [-0.2, -0.15) is 4.31 Å². The molecule has 1 amide bonds. The highest BCUT2D eigenvalue weighted by Gasteiger charge is 2.24. The number of morpholine rings is 1. The average Bonchev–Trinajstić information content (AvgIpc) is 2.55. The number of hydrogen-bond donors (Lipinski definition) is 2. The van der Waals surface area contributed by atoms with E-state index in [9.17, 15) is 18.3 Å². The Kier molecular flexibility index (Phi) is 5.80. The highest BCUT2D eigenvalue weighted by atomic mass is 32.2. The Balaban J connectivity index is 1.89. The van der Waals surface area contributed by atoms with Crippen LogP contribution in [0.2, 0.25) is 0 Å². The normalized spacial score (nSPS) is 16.0. The fourth-order valence-electron chi connectivity index (χ4n) is 2.17. The first-order valence-electron chi connectivity index (χ1n) is 7.15. The number of benzene rings is 1. The Labute approximate surface area is 135 Å². The van der Waals surface area contributed by atoms with Crippen molar-refractivity contribution in [1.82, 2.24) is 9.62 Å². The molecule has 1 saturated heterocycles. The second kappa shape index (κ2) is 7.62. The van der Waals surface area contributed by atoms with Crippen LogP contribution in [-0.2, 0) is 14.8 Å². The molecule has 1 aliphatic rings. The average molecular weight is 344 g/mol. The molecule has 23 heavy (non-hydrogen) atoms. The van der Waals surface area contributed by atoms with Crippen molar-refractivity contribution in [2.45, 2.75) is 0 Å². The van der Waals surface area contributed by atoms with Crippen molar-refractivity contribution in [2.24, 2.45) is 0 Å². The zero-order chi connectivity index (χ0) is 16.9. The molecule has 1 aliphatic heterocycles. The summed E-state index contributed by atoms with van der Waals surface area (Å²) in [4.78, 5) is 12.0. The number of amides is 1. The Morgan fingerprint density at radius 2 is 2.09 bits per heavy atom. The molecule has 0 aliphatic carbocycles. The third-order valence-corrected chi connectivity index (χ3v) is 5.33. The number of aromatic hydroxyl groups is 1. The van der Waals surface area contributed by atoms with Gasteiger partial charge in [0.1, 0.15) is 11.5 Å². The topological polar surface area (TPSA) is 105 Å². The molecule has 0 aromatic heterocycles. The van der Waals surface area contributed by atoms with E-state index in [4.69, 9.17) is 9.47 Å². The number of rotatable bonds is 6. The number of sulfonamides is 1. The molecule has 0 bridgehead atoms. The number of hydrogen-bond acceptors (Lipinski definition) is 6. The molecule has 0 atom stereocenters. The van der Waals surface area contributed by atoms with Gasteiger partial charge in [0.25, 0.3) is 5.91 Å². The van der Waals surface area contributed by atoms with E-state index < -0.39 is 15.9 Å². The number of carbonyl (C=O) groups is 1. The molecule has 0 spiro atoms. The van der Waals surface area contributed by atoms with E-state index in [2.05, 4.69) is 5.32 Å². The number of nitrogens with one attached hydrogen (secondary N) is 1. The van der Waals surface area contributed by atoms with Gasteiger partial charge in [-0.3, -0.25) is 4.79 Å². The van der Waals surface area contributed by atoms with Gasteiger partial charge in [-0.15, -0.1) is 0 Å². The Morgan fingerprint density at radius 3 is 2.70 bits per heavy atom. The molecule has 2 rings (SSSR count). The molecule has 1 aromatic carbocycles. The lowest BCUT2D eigenvalue weighted by atomic mass is 10.2. The minimum Gasteiger partial charge on any atom is -0.507 e. The summed E-state index contributed by atoms with van der Waals surface area (Å²) in [6.07, 6.45) is 0. The third kappa shape index (κ3) is 4.57. The van der Waals surface area contributed by atoms with Gasteiger partial charge < -0.3 is 19.9 Å². The highest BCUT2D eigenvalue weighted by Crippen LogP contribution is 2.23. The molecule has 2 N–H and O–H groups in total. The number of ether oxygens (including phenoxy) is 2. The summed E-state index contributed by atoms with van der Waals surface area (Å²) in [5, 5.41) is 12.3. The van der Waals surface area contributed by atoms with Gasteiger partial charge in [0.05, 0.1) is 31.6 Å².